The first-order chi connectivity index (χ1) is 19.4. The van der Waals surface area contributed by atoms with Gasteiger partial charge in [-0.2, -0.15) is 14.6 Å². The summed E-state index contributed by atoms with van der Waals surface area (Å²) in [6.45, 7) is 3.53. The zero-order valence-electron chi connectivity index (χ0n) is 21.6. The molecule has 12 heteroatoms. The Balaban J connectivity index is 1.10. The molecule has 6 rings (SSSR count). The molecule has 0 radical (unpaired) electrons. The first-order valence-corrected chi connectivity index (χ1v) is 13.5. The van der Waals surface area contributed by atoms with Gasteiger partial charge in [0.1, 0.15) is 35.3 Å². The van der Waals surface area contributed by atoms with Gasteiger partial charge in [-0.15, -0.1) is 0 Å². The Hall–Kier alpha value is -3.72. The number of hydrogen-bond acceptors (Lipinski definition) is 8. The van der Waals surface area contributed by atoms with Gasteiger partial charge in [0.15, 0.2) is 0 Å². The predicted molar refractivity (Wildman–Crippen MR) is 142 cm³/mol. The maximum atomic E-state index is 14.5. The molecule has 0 saturated carbocycles. The van der Waals surface area contributed by atoms with Crippen molar-refractivity contribution in [3.63, 3.8) is 0 Å². The van der Waals surface area contributed by atoms with Gasteiger partial charge in [0.05, 0.1) is 42.6 Å². The molecule has 4 aromatic rings. The second-order valence-electron chi connectivity index (χ2n) is 10.0. The molecule has 0 aliphatic carbocycles. The number of pyridine rings is 1. The molecule has 0 bridgehead atoms. The molecule has 2 aliphatic rings. The van der Waals surface area contributed by atoms with Crippen LogP contribution in [0.4, 0.5) is 8.78 Å². The number of imidazole rings is 1. The van der Waals surface area contributed by atoms with Crippen LogP contribution < -0.4 is 4.74 Å². The first kappa shape index (κ1) is 26.5. The van der Waals surface area contributed by atoms with Crippen LogP contribution in [0.25, 0.3) is 11.0 Å². The minimum Gasteiger partial charge on any atom is -0.472 e. The smallest absolute Gasteiger partial charge is 0.254 e. The topological polar surface area (TPSA) is 102 Å². The van der Waals surface area contributed by atoms with Crippen molar-refractivity contribution in [2.75, 3.05) is 19.7 Å². The van der Waals surface area contributed by atoms with E-state index in [4.69, 9.17) is 26.1 Å². The lowest BCUT2D eigenvalue weighted by molar-refractivity contribution is -0.0592. The molecule has 5 heterocycles. The van der Waals surface area contributed by atoms with Gasteiger partial charge in [-0.05, 0) is 37.0 Å². The molecule has 2 fully saturated rings. The van der Waals surface area contributed by atoms with E-state index in [2.05, 4.69) is 30.5 Å². The van der Waals surface area contributed by atoms with E-state index >= 15 is 0 Å². The van der Waals surface area contributed by atoms with Crippen molar-refractivity contribution in [2.24, 2.45) is 0 Å². The standard InChI is InChI=1S/C28H26ClF2N7O2/c29-18-2-1-17(22(30)10-18)9-26-34-13-23(31)28(36-26)40-20-3-6-37(7-4-20)16-27-35-24-11-19(12-32)33-14-25(24)38(27)15-21-5-8-39-21/h1-2,10-11,13-14,20-21H,3-9,15-16H2. The molecule has 1 unspecified atom stereocenters. The summed E-state index contributed by atoms with van der Waals surface area (Å²) in [5.41, 5.74) is 2.33. The lowest BCUT2D eigenvalue weighted by Gasteiger charge is -2.32. The van der Waals surface area contributed by atoms with Crippen molar-refractivity contribution >= 4 is 22.6 Å². The fourth-order valence-electron chi connectivity index (χ4n) is 5.02. The molecule has 9 nitrogen and oxygen atoms in total. The number of aromatic nitrogens is 5. The Kier molecular flexibility index (Phi) is 7.56. The molecular weight excluding hydrogens is 540 g/mol. The minimum absolute atomic E-state index is 0.0936. The second-order valence-corrected chi connectivity index (χ2v) is 10.5. The molecule has 2 aliphatic heterocycles. The molecular formula is C28H26ClF2N7O2. The lowest BCUT2D eigenvalue weighted by atomic mass is 10.1. The Morgan fingerprint density at radius 1 is 1.07 bits per heavy atom. The molecule has 1 atom stereocenters. The highest BCUT2D eigenvalue weighted by Gasteiger charge is 2.26. The maximum absolute atomic E-state index is 14.5. The van der Waals surface area contributed by atoms with Crippen LogP contribution in [0, 0.1) is 23.0 Å². The van der Waals surface area contributed by atoms with Crippen molar-refractivity contribution in [3.8, 4) is 11.9 Å². The quantitative estimate of drug-likeness (QED) is 0.309. The van der Waals surface area contributed by atoms with Crippen LogP contribution in [0.5, 0.6) is 5.88 Å². The van der Waals surface area contributed by atoms with Crippen LogP contribution >= 0.6 is 11.6 Å². The van der Waals surface area contributed by atoms with E-state index in [-0.39, 0.29) is 30.3 Å². The van der Waals surface area contributed by atoms with Gasteiger partial charge in [-0.3, -0.25) is 4.90 Å². The molecule has 3 aromatic heterocycles. The first-order valence-electron chi connectivity index (χ1n) is 13.2. The van der Waals surface area contributed by atoms with Crippen LogP contribution in [-0.4, -0.2) is 61.3 Å². The van der Waals surface area contributed by atoms with Crippen molar-refractivity contribution in [3.05, 3.63) is 76.2 Å². The van der Waals surface area contributed by atoms with E-state index in [1.165, 1.54) is 6.07 Å². The van der Waals surface area contributed by atoms with Crippen molar-refractivity contribution in [1.82, 2.24) is 29.4 Å². The van der Waals surface area contributed by atoms with Gasteiger partial charge in [-0.25, -0.2) is 19.3 Å². The Bertz CT molecular complexity index is 1580. The van der Waals surface area contributed by atoms with Gasteiger partial charge >= 0.3 is 0 Å². The zero-order valence-corrected chi connectivity index (χ0v) is 22.3. The monoisotopic (exact) mass is 565 g/mol. The van der Waals surface area contributed by atoms with E-state index in [1.807, 2.05) is 0 Å². The number of fused-ring (bicyclic) bond motifs is 1. The highest BCUT2D eigenvalue weighted by Crippen LogP contribution is 2.25. The number of likely N-dealkylation sites (tertiary alicyclic amines) is 1. The summed E-state index contributed by atoms with van der Waals surface area (Å²) in [7, 11) is 0. The molecule has 206 valence electrons. The Morgan fingerprint density at radius 2 is 1.90 bits per heavy atom. The number of nitrogens with zero attached hydrogens (tertiary/aromatic N) is 7. The third kappa shape index (κ3) is 5.75. The Morgan fingerprint density at radius 3 is 2.62 bits per heavy atom. The van der Waals surface area contributed by atoms with Crippen LogP contribution in [0.3, 0.4) is 0 Å². The number of hydrogen-bond donors (Lipinski definition) is 0. The molecule has 0 N–H and O–H groups in total. The van der Waals surface area contributed by atoms with Gasteiger partial charge < -0.3 is 14.0 Å². The van der Waals surface area contributed by atoms with E-state index in [0.717, 1.165) is 49.2 Å². The highest BCUT2D eigenvalue weighted by molar-refractivity contribution is 6.30. The van der Waals surface area contributed by atoms with E-state index in [9.17, 15) is 14.0 Å². The van der Waals surface area contributed by atoms with E-state index < -0.39 is 11.6 Å². The largest absolute Gasteiger partial charge is 0.472 e. The predicted octanol–water partition coefficient (Wildman–Crippen LogP) is 4.45. The number of nitriles is 1. The van der Waals surface area contributed by atoms with E-state index in [0.29, 0.717) is 42.2 Å². The lowest BCUT2D eigenvalue weighted by Crippen LogP contribution is -2.39. The molecule has 2 saturated heterocycles. The van der Waals surface area contributed by atoms with Crippen molar-refractivity contribution in [2.45, 2.75) is 51.0 Å². The normalized spacial score (nSPS) is 18.0. The average Bonchev–Trinajstić information content (AvgIpc) is 3.26. The number of benzene rings is 1. The molecule has 0 amide bonds. The molecule has 1 aromatic carbocycles. The maximum Gasteiger partial charge on any atom is 0.254 e. The van der Waals surface area contributed by atoms with Gasteiger partial charge in [0.25, 0.3) is 5.88 Å². The fraction of sp³-hybridized carbons (Fsp3) is 0.393. The summed E-state index contributed by atoms with van der Waals surface area (Å²) in [6.07, 6.45) is 5.14. The summed E-state index contributed by atoms with van der Waals surface area (Å²) < 4.78 is 42.4. The number of ether oxygens (including phenoxy) is 2. The summed E-state index contributed by atoms with van der Waals surface area (Å²) >= 11 is 5.83. The van der Waals surface area contributed by atoms with Crippen LogP contribution in [-0.2, 0) is 24.2 Å². The van der Waals surface area contributed by atoms with E-state index in [1.54, 1.807) is 24.4 Å². The SMILES string of the molecule is N#Cc1cc2nc(CN3CCC(Oc4nc(Cc5ccc(Cl)cc5F)ncc4F)CC3)n(CC3CCO3)c2cn1. The fourth-order valence-corrected chi connectivity index (χ4v) is 5.18. The molecule has 40 heavy (non-hydrogen) atoms. The van der Waals surface area contributed by atoms with Crippen LogP contribution in [0.2, 0.25) is 5.02 Å². The second kappa shape index (κ2) is 11.4. The third-order valence-corrected chi connectivity index (χ3v) is 7.55. The Labute approximate surface area is 234 Å². The molecule has 0 spiro atoms. The third-order valence-electron chi connectivity index (χ3n) is 7.31. The van der Waals surface area contributed by atoms with Crippen LogP contribution in [0.15, 0.2) is 36.7 Å². The number of halogens is 3. The van der Waals surface area contributed by atoms with Gasteiger partial charge in [-0.1, -0.05) is 17.7 Å². The summed E-state index contributed by atoms with van der Waals surface area (Å²) in [5.74, 6) is -0.0900. The van der Waals surface area contributed by atoms with Crippen LogP contribution in [0.1, 0.15) is 42.2 Å². The van der Waals surface area contributed by atoms with Gasteiger partial charge in [0.2, 0.25) is 5.82 Å². The van der Waals surface area contributed by atoms with Crippen molar-refractivity contribution < 1.29 is 18.3 Å². The average molecular weight is 566 g/mol. The summed E-state index contributed by atoms with van der Waals surface area (Å²) in [4.78, 5) is 19.6. The summed E-state index contributed by atoms with van der Waals surface area (Å²) in [6, 6.07) is 8.16. The number of rotatable bonds is 8. The number of piperidine rings is 1. The minimum atomic E-state index is -0.653. The van der Waals surface area contributed by atoms with Crippen molar-refractivity contribution in [1.29, 1.82) is 5.26 Å². The van der Waals surface area contributed by atoms with Gasteiger partial charge in [0, 0.05) is 37.2 Å². The highest BCUT2D eigenvalue weighted by atomic mass is 35.5. The summed E-state index contributed by atoms with van der Waals surface area (Å²) in [5, 5.41) is 9.54. The zero-order chi connectivity index (χ0) is 27.6.